The predicted octanol–water partition coefficient (Wildman–Crippen LogP) is 1.74. The van der Waals surface area contributed by atoms with Crippen molar-refractivity contribution in [2.45, 2.75) is 19.3 Å². The Morgan fingerprint density at radius 3 is 2.53 bits per heavy atom. The van der Waals surface area contributed by atoms with Crippen molar-refractivity contribution in [3.8, 4) is 6.07 Å². The van der Waals surface area contributed by atoms with E-state index < -0.39 is 0 Å². The third-order valence-electron chi connectivity index (χ3n) is 2.30. The minimum Gasteiger partial charge on any atom is -0.359 e. The molecule has 0 fully saturated rings. The van der Waals surface area contributed by atoms with Crippen molar-refractivity contribution in [3.63, 3.8) is 0 Å². The van der Waals surface area contributed by atoms with Gasteiger partial charge in [0.2, 0.25) is 5.91 Å². The molecule has 3 nitrogen and oxygen atoms in total. The number of amides is 1. The molecule has 1 amide bonds. The van der Waals surface area contributed by atoms with E-state index in [1.807, 2.05) is 31.2 Å². The minimum atomic E-state index is -0.356. The molecular weight excluding hydrogens is 188 g/mol. The summed E-state index contributed by atoms with van der Waals surface area (Å²) in [5.41, 5.74) is 2.04. The summed E-state index contributed by atoms with van der Waals surface area (Å²) in [6.45, 7) is 1.99. The van der Waals surface area contributed by atoms with Crippen LogP contribution in [0.2, 0.25) is 0 Å². The summed E-state index contributed by atoms with van der Waals surface area (Å²) < 4.78 is 0. The Hall–Kier alpha value is -1.82. The Balaban J connectivity index is 2.80. The largest absolute Gasteiger partial charge is 0.359 e. The number of carbonyl (C=O) groups excluding carboxylic acids is 1. The highest BCUT2D eigenvalue weighted by Gasteiger charge is 2.13. The van der Waals surface area contributed by atoms with Gasteiger partial charge in [0.15, 0.2) is 0 Å². The molecule has 1 N–H and O–H groups in total. The van der Waals surface area contributed by atoms with Crippen LogP contribution in [0.4, 0.5) is 0 Å². The van der Waals surface area contributed by atoms with E-state index in [1.165, 1.54) is 0 Å². The standard InChI is InChI=1S/C12H14N2O/c1-9-3-5-10(6-4-9)11(8-13)7-12(15)14-2/h3-6,11H,7H2,1-2H3,(H,14,15). The number of nitrogens with zero attached hydrogens (tertiary/aromatic N) is 1. The molecule has 0 aliphatic rings. The van der Waals surface area contributed by atoms with Gasteiger partial charge in [0.1, 0.15) is 0 Å². The lowest BCUT2D eigenvalue weighted by Gasteiger charge is -2.08. The summed E-state index contributed by atoms with van der Waals surface area (Å²) in [6.07, 6.45) is 0.218. The molecule has 0 saturated carbocycles. The van der Waals surface area contributed by atoms with Crippen molar-refractivity contribution in [2.24, 2.45) is 0 Å². The van der Waals surface area contributed by atoms with E-state index in [-0.39, 0.29) is 18.2 Å². The quantitative estimate of drug-likeness (QED) is 0.811. The van der Waals surface area contributed by atoms with Gasteiger partial charge in [-0.1, -0.05) is 29.8 Å². The van der Waals surface area contributed by atoms with Crippen LogP contribution in [0.3, 0.4) is 0 Å². The summed E-state index contributed by atoms with van der Waals surface area (Å²) in [4.78, 5) is 11.2. The maximum atomic E-state index is 11.2. The predicted molar refractivity (Wildman–Crippen MR) is 58.2 cm³/mol. The molecular formula is C12H14N2O. The van der Waals surface area contributed by atoms with Gasteiger partial charge in [-0.3, -0.25) is 4.79 Å². The van der Waals surface area contributed by atoms with Gasteiger partial charge in [0.25, 0.3) is 0 Å². The van der Waals surface area contributed by atoms with E-state index in [1.54, 1.807) is 7.05 Å². The van der Waals surface area contributed by atoms with Crippen molar-refractivity contribution in [1.82, 2.24) is 5.32 Å². The van der Waals surface area contributed by atoms with Gasteiger partial charge in [-0.2, -0.15) is 5.26 Å². The van der Waals surface area contributed by atoms with Crippen LogP contribution in [-0.4, -0.2) is 13.0 Å². The third-order valence-corrected chi connectivity index (χ3v) is 2.30. The van der Waals surface area contributed by atoms with Gasteiger partial charge >= 0.3 is 0 Å². The Morgan fingerprint density at radius 1 is 1.47 bits per heavy atom. The Kier molecular flexibility index (Phi) is 3.87. The molecule has 0 radical (unpaired) electrons. The number of hydrogen-bond acceptors (Lipinski definition) is 2. The van der Waals surface area contributed by atoms with E-state index in [2.05, 4.69) is 11.4 Å². The van der Waals surface area contributed by atoms with E-state index in [9.17, 15) is 4.79 Å². The Morgan fingerprint density at radius 2 is 2.07 bits per heavy atom. The Labute approximate surface area is 89.7 Å². The molecule has 1 aromatic carbocycles. The van der Waals surface area contributed by atoms with Crippen LogP contribution in [0, 0.1) is 18.3 Å². The molecule has 0 heterocycles. The zero-order valence-corrected chi connectivity index (χ0v) is 8.95. The molecule has 78 valence electrons. The van der Waals surface area contributed by atoms with E-state index in [4.69, 9.17) is 5.26 Å². The highest BCUT2D eigenvalue weighted by molar-refractivity contribution is 5.77. The topological polar surface area (TPSA) is 52.9 Å². The molecule has 1 rings (SSSR count). The lowest BCUT2D eigenvalue weighted by atomic mass is 9.96. The van der Waals surface area contributed by atoms with E-state index in [0.29, 0.717) is 0 Å². The molecule has 1 aromatic rings. The van der Waals surface area contributed by atoms with Gasteiger partial charge < -0.3 is 5.32 Å². The average Bonchev–Trinajstić information content (AvgIpc) is 2.27. The van der Waals surface area contributed by atoms with Crippen molar-refractivity contribution in [1.29, 1.82) is 5.26 Å². The molecule has 0 saturated heterocycles. The van der Waals surface area contributed by atoms with Crippen molar-refractivity contribution in [3.05, 3.63) is 35.4 Å². The fourth-order valence-electron chi connectivity index (χ4n) is 1.32. The molecule has 0 aliphatic carbocycles. The van der Waals surface area contributed by atoms with Crippen molar-refractivity contribution >= 4 is 5.91 Å². The third kappa shape index (κ3) is 3.10. The summed E-state index contributed by atoms with van der Waals surface area (Å²) in [5, 5.41) is 11.5. The summed E-state index contributed by atoms with van der Waals surface area (Å²) in [7, 11) is 1.58. The summed E-state index contributed by atoms with van der Waals surface area (Å²) in [6, 6.07) is 9.83. The second kappa shape index (κ2) is 5.16. The maximum absolute atomic E-state index is 11.2. The number of hydrogen-bond donors (Lipinski definition) is 1. The van der Waals surface area contributed by atoms with Gasteiger partial charge in [-0.15, -0.1) is 0 Å². The number of carbonyl (C=O) groups is 1. The Bertz CT molecular complexity index is 376. The van der Waals surface area contributed by atoms with Crippen molar-refractivity contribution in [2.75, 3.05) is 7.05 Å². The average molecular weight is 202 g/mol. The fraction of sp³-hybridized carbons (Fsp3) is 0.333. The van der Waals surface area contributed by atoms with E-state index in [0.717, 1.165) is 11.1 Å². The molecule has 0 aromatic heterocycles. The van der Waals surface area contributed by atoms with E-state index >= 15 is 0 Å². The normalized spacial score (nSPS) is 11.5. The first-order valence-corrected chi connectivity index (χ1v) is 4.84. The van der Waals surface area contributed by atoms with Gasteiger partial charge in [0.05, 0.1) is 12.0 Å². The van der Waals surface area contributed by atoms with Crippen LogP contribution in [0.15, 0.2) is 24.3 Å². The molecule has 0 spiro atoms. The zero-order chi connectivity index (χ0) is 11.3. The fourth-order valence-corrected chi connectivity index (χ4v) is 1.32. The first-order valence-electron chi connectivity index (χ1n) is 4.84. The van der Waals surface area contributed by atoms with Crippen LogP contribution in [0.25, 0.3) is 0 Å². The molecule has 15 heavy (non-hydrogen) atoms. The molecule has 0 bridgehead atoms. The lowest BCUT2D eigenvalue weighted by Crippen LogP contribution is -2.20. The molecule has 3 heteroatoms. The second-order valence-corrected chi connectivity index (χ2v) is 3.47. The molecule has 1 unspecified atom stereocenters. The second-order valence-electron chi connectivity index (χ2n) is 3.47. The molecule has 1 atom stereocenters. The zero-order valence-electron chi connectivity index (χ0n) is 8.95. The SMILES string of the molecule is CNC(=O)CC(C#N)c1ccc(C)cc1. The van der Waals surface area contributed by atoms with Crippen LogP contribution < -0.4 is 5.32 Å². The number of nitrogens with one attached hydrogen (secondary N) is 1. The van der Waals surface area contributed by atoms with Crippen LogP contribution in [0.5, 0.6) is 0 Å². The molecule has 0 aliphatic heterocycles. The summed E-state index contributed by atoms with van der Waals surface area (Å²) in [5.74, 6) is -0.465. The van der Waals surface area contributed by atoms with Crippen LogP contribution in [-0.2, 0) is 4.79 Å². The van der Waals surface area contributed by atoms with Crippen LogP contribution in [0.1, 0.15) is 23.5 Å². The summed E-state index contributed by atoms with van der Waals surface area (Å²) >= 11 is 0. The first kappa shape index (κ1) is 11.3. The van der Waals surface area contributed by atoms with Gasteiger partial charge in [0, 0.05) is 13.5 Å². The highest BCUT2D eigenvalue weighted by atomic mass is 16.1. The number of aryl methyl sites for hydroxylation is 1. The minimum absolute atomic E-state index is 0.109. The van der Waals surface area contributed by atoms with Gasteiger partial charge in [-0.25, -0.2) is 0 Å². The first-order chi connectivity index (χ1) is 7.17. The van der Waals surface area contributed by atoms with Crippen molar-refractivity contribution < 1.29 is 4.79 Å². The number of benzene rings is 1. The number of rotatable bonds is 3. The lowest BCUT2D eigenvalue weighted by molar-refractivity contribution is -0.120. The van der Waals surface area contributed by atoms with Crippen LogP contribution >= 0.6 is 0 Å². The van der Waals surface area contributed by atoms with Gasteiger partial charge in [-0.05, 0) is 12.5 Å². The highest BCUT2D eigenvalue weighted by Crippen LogP contribution is 2.18. The maximum Gasteiger partial charge on any atom is 0.221 e. The number of nitriles is 1. The smallest absolute Gasteiger partial charge is 0.221 e. The monoisotopic (exact) mass is 202 g/mol.